The maximum Gasteiger partial charge on any atom is 0.175 e. The molecule has 15 heavy (non-hydrogen) atoms. The molecule has 5 nitrogen and oxygen atoms in total. The fourth-order valence-electron chi connectivity index (χ4n) is 0.917. The van der Waals surface area contributed by atoms with Crippen LogP contribution < -0.4 is 0 Å². The minimum Gasteiger partial charge on any atom is -0.285 e. The van der Waals surface area contributed by atoms with Gasteiger partial charge in [0.25, 0.3) is 0 Å². The van der Waals surface area contributed by atoms with E-state index in [1.54, 1.807) is 26.2 Å². The fourth-order valence-corrected chi connectivity index (χ4v) is 1.58. The van der Waals surface area contributed by atoms with Gasteiger partial charge in [0.15, 0.2) is 9.84 Å². The summed E-state index contributed by atoms with van der Waals surface area (Å²) in [5.41, 5.74) is 0.520. The van der Waals surface area contributed by atoms with Gasteiger partial charge >= 0.3 is 0 Å². The van der Waals surface area contributed by atoms with Gasteiger partial charge in [-0.1, -0.05) is 11.3 Å². The van der Waals surface area contributed by atoms with Gasteiger partial charge in [0, 0.05) is 20.4 Å². The van der Waals surface area contributed by atoms with E-state index in [1.165, 1.54) is 17.1 Å². The Morgan fingerprint density at radius 1 is 1.27 bits per heavy atom. The average molecular weight is 227 g/mol. The lowest BCUT2D eigenvalue weighted by Gasteiger charge is -2.01. The van der Waals surface area contributed by atoms with E-state index < -0.39 is 9.84 Å². The van der Waals surface area contributed by atoms with Crippen molar-refractivity contribution in [2.24, 2.45) is 10.3 Å². The van der Waals surface area contributed by atoms with E-state index >= 15 is 0 Å². The smallest absolute Gasteiger partial charge is 0.175 e. The maximum absolute atomic E-state index is 11.2. The topological polar surface area (TPSA) is 62.1 Å². The van der Waals surface area contributed by atoms with Crippen LogP contribution in [0, 0.1) is 0 Å². The van der Waals surface area contributed by atoms with Crippen molar-refractivity contribution in [2.75, 3.05) is 20.4 Å². The summed E-state index contributed by atoms with van der Waals surface area (Å²) in [5, 5.41) is 9.18. The van der Waals surface area contributed by atoms with E-state index in [0.29, 0.717) is 5.69 Å². The number of rotatable bonds is 3. The van der Waals surface area contributed by atoms with Crippen molar-refractivity contribution in [1.29, 1.82) is 0 Å². The Hall–Kier alpha value is -1.43. The van der Waals surface area contributed by atoms with Gasteiger partial charge in [-0.15, -0.1) is 5.11 Å². The van der Waals surface area contributed by atoms with Gasteiger partial charge in [0.2, 0.25) is 0 Å². The molecular formula is C9H13N3O2S. The third-order valence-electron chi connectivity index (χ3n) is 1.58. The zero-order chi connectivity index (χ0) is 11.5. The molecule has 0 aliphatic heterocycles. The summed E-state index contributed by atoms with van der Waals surface area (Å²) < 4.78 is 22.5. The first-order chi connectivity index (χ1) is 6.89. The molecule has 0 amide bonds. The highest BCUT2D eigenvalue weighted by molar-refractivity contribution is 7.90. The Kier molecular flexibility index (Phi) is 3.41. The summed E-state index contributed by atoms with van der Waals surface area (Å²) >= 11 is 0. The molecule has 0 bridgehead atoms. The van der Waals surface area contributed by atoms with Crippen LogP contribution in [0.3, 0.4) is 0 Å². The first-order valence-electron chi connectivity index (χ1n) is 4.29. The minimum absolute atomic E-state index is 0.248. The highest BCUT2D eigenvalue weighted by Gasteiger charge is 2.06. The molecule has 0 aliphatic carbocycles. The molecular weight excluding hydrogens is 214 g/mol. The minimum atomic E-state index is -3.18. The molecule has 0 aliphatic rings. The molecule has 0 spiro atoms. The largest absolute Gasteiger partial charge is 0.285 e. The third kappa shape index (κ3) is 3.67. The molecule has 0 unspecified atom stereocenters. The van der Waals surface area contributed by atoms with Crippen LogP contribution in [0.4, 0.5) is 5.69 Å². The zero-order valence-corrected chi connectivity index (χ0v) is 9.69. The lowest BCUT2D eigenvalue weighted by Crippen LogP contribution is -1.99. The summed E-state index contributed by atoms with van der Waals surface area (Å²) in [6.07, 6.45) is 1.16. The van der Waals surface area contributed by atoms with E-state index in [1.807, 2.05) is 0 Å². The Morgan fingerprint density at radius 2 is 1.93 bits per heavy atom. The number of benzene rings is 1. The molecule has 0 N–H and O–H groups in total. The molecule has 1 rings (SSSR count). The monoisotopic (exact) mass is 227 g/mol. The molecule has 82 valence electrons. The van der Waals surface area contributed by atoms with Gasteiger partial charge in [-0.25, -0.2) is 8.42 Å². The summed E-state index contributed by atoms with van der Waals surface area (Å²) in [7, 11) is 0.301. The molecule has 0 saturated carbocycles. The molecule has 6 heteroatoms. The molecule has 0 fully saturated rings. The molecule has 0 atom stereocenters. The van der Waals surface area contributed by atoms with Crippen LogP contribution in [0.25, 0.3) is 0 Å². The van der Waals surface area contributed by atoms with E-state index in [0.717, 1.165) is 6.26 Å². The van der Waals surface area contributed by atoms with Crippen LogP contribution in [0.15, 0.2) is 39.5 Å². The van der Waals surface area contributed by atoms with Gasteiger partial charge in [0.1, 0.15) is 0 Å². The summed E-state index contributed by atoms with van der Waals surface area (Å²) in [5.74, 6) is 0. The lowest BCUT2D eigenvalue weighted by atomic mass is 10.3. The molecule has 0 radical (unpaired) electrons. The standard InChI is InChI=1S/C9H13N3O2S/c1-12(2)11-10-8-5-4-6-9(7-8)15(3,13)14/h4-7H,1-3H3. The van der Waals surface area contributed by atoms with Gasteiger partial charge in [-0.2, -0.15) is 0 Å². The second kappa shape index (κ2) is 4.39. The number of hydrogen-bond acceptors (Lipinski definition) is 4. The van der Waals surface area contributed by atoms with Crippen LogP contribution in [0.5, 0.6) is 0 Å². The third-order valence-corrected chi connectivity index (χ3v) is 2.70. The Balaban J connectivity index is 3.04. The summed E-state index contributed by atoms with van der Waals surface area (Å²) in [4.78, 5) is 0.248. The van der Waals surface area contributed by atoms with Crippen molar-refractivity contribution in [3.05, 3.63) is 24.3 Å². The van der Waals surface area contributed by atoms with Crippen molar-refractivity contribution in [1.82, 2.24) is 5.01 Å². The number of sulfone groups is 1. The van der Waals surface area contributed by atoms with E-state index in [2.05, 4.69) is 10.3 Å². The fraction of sp³-hybridized carbons (Fsp3) is 0.333. The van der Waals surface area contributed by atoms with Crippen LogP contribution in [-0.4, -0.2) is 33.8 Å². The van der Waals surface area contributed by atoms with Crippen molar-refractivity contribution in [2.45, 2.75) is 4.90 Å². The summed E-state index contributed by atoms with van der Waals surface area (Å²) in [6.45, 7) is 0. The summed E-state index contributed by atoms with van der Waals surface area (Å²) in [6, 6.07) is 6.36. The highest BCUT2D eigenvalue weighted by atomic mass is 32.2. The van der Waals surface area contributed by atoms with E-state index in [9.17, 15) is 8.42 Å². The van der Waals surface area contributed by atoms with Crippen molar-refractivity contribution in [3.63, 3.8) is 0 Å². The molecule has 0 heterocycles. The van der Waals surface area contributed by atoms with Crippen LogP contribution in [0.2, 0.25) is 0 Å². The highest BCUT2D eigenvalue weighted by Crippen LogP contribution is 2.18. The first kappa shape index (κ1) is 11.6. The van der Waals surface area contributed by atoms with Gasteiger partial charge in [-0.05, 0) is 18.2 Å². The normalized spacial score (nSPS) is 11.9. The quantitative estimate of drug-likeness (QED) is 0.582. The number of nitrogens with zero attached hydrogens (tertiary/aromatic N) is 3. The van der Waals surface area contributed by atoms with Crippen LogP contribution in [-0.2, 0) is 9.84 Å². The van der Waals surface area contributed by atoms with Gasteiger partial charge in [-0.3, -0.25) is 5.01 Å². The Bertz CT molecular complexity index is 466. The first-order valence-corrected chi connectivity index (χ1v) is 6.18. The Labute approximate surface area is 89.3 Å². The van der Waals surface area contributed by atoms with Crippen molar-refractivity contribution >= 4 is 15.5 Å². The van der Waals surface area contributed by atoms with Crippen molar-refractivity contribution in [3.8, 4) is 0 Å². The van der Waals surface area contributed by atoms with E-state index in [-0.39, 0.29) is 4.90 Å². The second-order valence-corrected chi connectivity index (χ2v) is 5.32. The maximum atomic E-state index is 11.2. The van der Waals surface area contributed by atoms with Crippen molar-refractivity contribution < 1.29 is 8.42 Å². The zero-order valence-electron chi connectivity index (χ0n) is 8.88. The van der Waals surface area contributed by atoms with Gasteiger partial charge < -0.3 is 0 Å². The Morgan fingerprint density at radius 3 is 2.47 bits per heavy atom. The number of hydrogen-bond donors (Lipinski definition) is 0. The second-order valence-electron chi connectivity index (χ2n) is 3.31. The molecule has 0 aromatic heterocycles. The molecule has 1 aromatic carbocycles. The van der Waals surface area contributed by atoms with E-state index in [4.69, 9.17) is 0 Å². The molecule has 0 saturated heterocycles. The van der Waals surface area contributed by atoms with Crippen LogP contribution in [0.1, 0.15) is 0 Å². The van der Waals surface area contributed by atoms with Crippen LogP contribution >= 0.6 is 0 Å². The average Bonchev–Trinajstić information content (AvgIpc) is 2.14. The lowest BCUT2D eigenvalue weighted by molar-refractivity contribution is 0.408. The SMILES string of the molecule is CN(C)N=Nc1cccc(S(C)(=O)=O)c1. The predicted molar refractivity (Wildman–Crippen MR) is 57.8 cm³/mol. The van der Waals surface area contributed by atoms with Gasteiger partial charge in [0.05, 0.1) is 10.6 Å². The molecule has 1 aromatic rings. The predicted octanol–water partition coefficient (Wildman–Crippen LogP) is 1.65.